The second kappa shape index (κ2) is 8.21. The summed E-state index contributed by atoms with van der Waals surface area (Å²) in [5.74, 6) is 1.31. The van der Waals surface area contributed by atoms with Crippen LogP contribution >= 0.6 is 0 Å². The third-order valence-electron chi connectivity index (χ3n) is 4.55. The van der Waals surface area contributed by atoms with Gasteiger partial charge in [0, 0.05) is 12.1 Å². The van der Waals surface area contributed by atoms with Gasteiger partial charge in [0.15, 0.2) is 0 Å². The number of sulfonamides is 1. The van der Waals surface area contributed by atoms with Gasteiger partial charge in [0.25, 0.3) is 0 Å². The highest BCUT2D eigenvalue weighted by molar-refractivity contribution is 7.89. The minimum atomic E-state index is -3.66. The minimum Gasteiger partial charge on any atom is -0.494 e. The third kappa shape index (κ3) is 4.42. The van der Waals surface area contributed by atoms with E-state index in [-0.39, 0.29) is 10.9 Å². The lowest BCUT2D eigenvalue weighted by molar-refractivity contribution is 0.307. The molecule has 0 saturated heterocycles. The number of hydrogen-bond donors (Lipinski definition) is 1. The van der Waals surface area contributed by atoms with Gasteiger partial charge in [-0.1, -0.05) is 19.8 Å². The van der Waals surface area contributed by atoms with Crippen molar-refractivity contribution in [1.82, 2.24) is 4.72 Å². The van der Waals surface area contributed by atoms with Crippen LogP contribution in [0.25, 0.3) is 0 Å². The van der Waals surface area contributed by atoms with Gasteiger partial charge in [-0.2, -0.15) is 0 Å². The Hall–Kier alpha value is -1.27. The van der Waals surface area contributed by atoms with Crippen LogP contribution in [0.3, 0.4) is 0 Å². The standard InChI is InChI=1S/C18H29NO4S/c1-5-22-16-12-18(17(23-6-2)11-14(16)4)24(20,21)19-15-10-8-7-9-13(15)3/h11-13,15,19H,5-10H2,1-4H3. The van der Waals surface area contributed by atoms with Crippen LogP contribution in [0.15, 0.2) is 17.0 Å². The van der Waals surface area contributed by atoms with E-state index in [1.807, 2.05) is 20.8 Å². The van der Waals surface area contributed by atoms with E-state index >= 15 is 0 Å². The minimum absolute atomic E-state index is 0.0185. The molecule has 1 aromatic carbocycles. The normalized spacial score (nSPS) is 21.5. The highest BCUT2D eigenvalue weighted by Crippen LogP contribution is 2.33. The van der Waals surface area contributed by atoms with E-state index in [2.05, 4.69) is 11.6 Å². The molecule has 2 atom stereocenters. The van der Waals surface area contributed by atoms with Crippen molar-refractivity contribution < 1.29 is 17.9 Å². The topological polar surface area (TPSA) is 64.6 Å². The highest BCUT2D eigenvalue weighted by atomic mass is 32.2. The number of benzene rings is 1. The quantitative estimate of drug-likeness (QED) is 0.811. The second-order valence-electron chi connectivity index (χ2n) is 6.42. The number of hydrogen-bond acceptors (Lipinski definition) is 4. The van der Waals surface area contributed by atoms with Gasteiger partial charge in [0.1, 0.15) is 16.4 Å². The van der Waals surface area contributed by atoms with Crippen LogP contribution in [0.5, 0.6) is 11.5 Å². The zero-order valence-corrected chi connectivity index (χ0v) is 15.9. The first kappa shape index (κ1) is 19.1. The molecule has 0 amide bonds. The van der Waals surface area contributed by atoms with E-state index in [1.54, 1.807) is 12.1 Å². The summed E-state index contributed by atoms with van der Waals surface area (Å²) in [6, 6.07) is 3.31. The van der Waals surface area contributed by atoms with Crippen molar-refractivity contribution in [1.29, 1.82) is 0 Å². The van der Waals surface area contributed by atoms with Crippen LogP contribution in [0, 0.1) is 12.8 Å². The molecular formula is C18H29NO4S. The first-order valence-electron chi connectivity index (χ1n) is 8.81. The Balaban J connectivity index is 2.37. The molecule has 5 nitrogen and oxygen atoms in total. The summed E-state index contributed by atoms with van der Waals surface area (Å²) >= 11 is 0. The molecule has 1 aliphatic carbocycles. The van der Waals surface area contributed by atoms with E-state index in [4.69, 9.17) is 9.47 Å². The maximum Gasteiger partial charge on any atom is 0.244 e. The fourth-order valence-corrected chi connectivity index (χ4v) is 4.71. The third-order valence-corrected chi connectivity index (χ3v) is 6.06. The van der Waals surface area contributed by atoms with Gasteiger partial charge >= 0.3 is 0 Å². The van der Waals surface area contributed by atoms with Crippen LogP contribution in [0.2, 0.25) is 0 Å². The molecule has 1 aromatic rings. The Morgan fingerprint density at radius 1 is 1.08 bits per heavy atom. The summed E-state index contributed by atoms with van der Waals surface area (Å²) in [5, 5.41) is 0. The average molecular weight is 356 g/mol. The second-order valence-corrected chi connectivity index (χ2v) is 8.10. The van der Waals surface area contributed by atoms with Crippen molar-refractivity contribution in [3.63, 3.8) is 0 Å². The lowest BCUT2D eigenvalue weighted by Gasteiger charge is -2.29. The van der Waals surface area contributed by atoms with E-state index < -0.39 is 10.0 Å². The van der Waals surface area contributed by atoms with Gasteiger partial charge in [-0.05, 0) is 51.2 Å². The number of rotatable bonds is 7. The van der Waals surface area contributed by atoms with Gasteiger partial charge in [0.2, 0.25) is 10.0 Å². The molecule has 1 saturated carbocycles. The van der Waals surface area contributed by atoms with Crippen LogP contribution in [-0.2, 0) is 10.0 Å². The molecule has 136 valence electrons. The Morgan fingerprint density at radius 3 is 2.33 bits per heavy atom. The smallest absolute Gasteiger partial charge is 0.244 e. The maximum atomic E-state index is 13.0. The van der Waals surface area contributed by atoms with Crippen molar-refractivity contribution in [2.45, 2.75) is 64.3 Å². The number of nitrogens with one attached hydrogen (secondary N) is 1. The molecule has 0 bridgehead atoms. The van der Waals surface area contributed by atoms with Gasteiger partial charge < -0.3 is 9.47 Å². The molecular weight excluding hydrogens is 326 g/mol. The van der Waals surface area contributed by atoms with E-state index in [0.29, 0.717) is 30.6 Å². The van der Waals surface area contributed by atoms with E-state index in [9.17, 15) is 8.42 Å². The lowest BCUT2D eigenvalue weighted by Crippen LogP contribution is -2.41. The zero-order valence-electron chi connectivity index (χ0n) is 15.1. The van der Waals surface area contributed by atoms with Crippen molar-refractivity contribution in [3.05, 3.63) is 17.7 Å². The van der Waals surface area contributed by atoms with Crippen LogP contribution in [-0.4, -0.2) is 27.7 Å². The van der Waals surface area contributed by atoms with Crippen molar-refractivity contribution in [2.24, 2.45) is 5.92 Å². The summed E-state index contributed by atoms with van der Waals surface area (Å²) in [6.45, 7) is 8.62. The number of ether oxygens (including phenoxy) is 2. The predicted octanol–water partition coefficient (Wildman–Crippen LogP) is 3.65. The van der Waals surface area contributed by atoms with Crippen LogP contribution in [0.1, 0.15) is 52.0 Å². The van der Waals surface area contributed by atoms with Gasteiger partial charge in [-0.25, -0.2) is 13.1 Å². The average Bonchev–Trinajstić information content (AvgIpc) is 2.52. The van der Waals surface area contributed by atoms with Crippen molar-refractivity contribution >= 4 is 10.0 Å². The molecule has 0 heterocycles. The van der Waals surface area contributed by atoms with Gasteiger partial charge in [-0.15, -0.1) is 0 Å². The molecule has 1 aliphatic rings. The molecule has 2 unspecified atom stereocenters. The molecule has 1 fully saturated rings. The van der Waals surface area contributed by atoms with Gasteiger partial charge in [0.05, 0.1) is 13.2 Å². The molecule has 0 spiro atoms. The zero-order chi connectivity index (χ0) is 17.7. The predicted molar refractivity (Wildman–Crippen MR) is 95.3 cm³/mol. The first-order valence-corrected chi connectivity index (χ1v) is 10.3. The van der Waals surface area contributed by atoms with E-state index in [0.717, 1.165) is 24.8 Å². The highest BCUT2D eigenvalue weighted by Gasteiger charge is 2.29. The van der Waals surface area contributed by atoms with E-state index in [1.165, 1.54) is 6.42 Å². The molecule has 24 heavy (non-hydrogen) atoms. The van der Waals surface area contributed by atoms with Crippen LogP contribution < -0.4 is 14.2 Å². The lowest BCUT2D eigenvalue weighted by atomic mass is 9.87. The van der Waals surface area contributed by atoms with Crippen LogP contribution in [0.4, 0.5) is 0 Å². The summed E-state index contributed by atoms with van der Waals surface area (Å²) in [6.07, 6.45) is 4.18. The number of aryl methyl sites for hydroxylation is 1. The Bertz CT molecular complexity index is 657. The fraction of sp³-hybridized carbons (Fsp3) is 0.667. The monoisotopic (exact) mass is 355 g/mol. The van der Waals surface area contributed by atoms with Gasteiger partial charge in [-0.3, -0.25) is 0 Å². The largest absolute Gasteiger partial charge is 0.494 e. The molecule has 0 aromatic heterocycles. The molecule has 6 heteroatoms. The molecule has 0 aliphatic heterocycles. The Kier molecular flexibility index (Phi) is 6.52. The Labute approximate surface area is 145 Å². The molecule has 0 radical (unpaired) electrons. The summed E-state index contributed by atoms with van der Waals surface area (Å²) in [4.78, 5) is 0.163. The summed E-state index contributed by atoms with van der Waals surface area (Å²) in [5.41, 5.74) is 0.866. The first-order chi connectivity index (χ1) is 11.4. The molecule has 1 N–H and O–H groups in total. The van der Waals surface area contributed by atoms with Crippen molar-refractivity contribution in [3.8, 4) is 11.5 Å². The fourth-order valence-electron chi connectivity index (χ4n) is 3.19. The summed E-state index contributed by atoms with van der Waals surface area (Å²) < 4.78 is 40.0. The SMILES string of the molecule is CCOc1cc(S(=O)(=O)NC2CCCCC2C)c(OCC)cc1C. The Morgan fingerprint density at radius 2 is 1.71 bits per heavy atom. The van der Waals surface area contributed by atoms with Crippen molar-refractivity contribution in [2.75, 3.05) is 13.2 Å². The molecule has 2 rings (SSSR count). The summed E-state index contributed by atoms with van der Waals surface area (Å²) in [7, 11) is -3.66. The maximum absolute atomic E-state index is 13.0.